The smallest absolute Gasteiger partial charge is 0.244 e. The predicted octanol–water partition coefficient (Wildman–Crippen LogP) is 1.15. The zero-order valence-electron chi connectivity index (χ0n) is 11.3. The number of rotatable bonds is 8. The first-order chi connectivity index (χ1) is 8.93. The molecule has 1 rings (SSSR count). The third-order valence-electron chi connectivity index (χ3n) is 2.42. The number of pyridine rings is 1. The first-order valence-corrected chi connectivity index (χ1v) is 7.72. The molecule has 1 aromatic rings. The zero-order chi connectivity index (χ0) is 14.3. The second-order valence-corrected chi connectivity index (χ2v) is 6.17. The summed E-state index contributed by atoms with van der Waals surface area (Å²) in [6, 6.07) is 1.46. The van der Waals surface area contributed by atoms with Crippen molar-refractivity contribution in [1.29, 1.82) is 0 Å². The standard InChI is InChI=1S/C12H21N3O3S/c1-10(2)18-8-4-3-6-15-19(16,17)12-9-14-7-5-11(12)13/h5,7,9-10,15H,3-4,6,8H2,1-2H3,(H2,13,14). The van der Waals surface area contributed by atoms with Gasteiger partial charge in [0.1, 0.15) is 4.90 Å². The normalized spacial score (nSPS) is 11.9. The van der Waals surface area contributed by atoms with E-state index in [0.29, 0.717) is 19.6 Å². The summed E-state index contributed by atoms with van der Waals surface area (Å²) in [4.78, 5) is 3.79. The molecule has 0 unspecified atom stereocenters. The van der Waals surface area contributed by atoms with Crippen LogP contribution in [0.3, 0.4) is 0 Å². The molecule has 0 spiro atoms. The molecule has 108 valence electrons. The second kappa shape index (κ2) is 7.42. The molecular weight excluding hydrogens is 266 g/mol. The van der Waals surface area contributed by atoms with Gasteiger partial charge in [0, 0.05) is 25.5 Å². The quantitative estimate of drug-likeness (QED) is 0.699. The second-order valence-electron chi connectivity index (χ2n) is 4.44. The molecule has 0 aliphatic heterocycles. The number of nitrogens with one attached hydrogen (secondary N) is 1. The van der Waals surface area contributed by atoms with E-state index in [1.54, 1.807) is 0 Å². The molecule has 19 heavy (non-hydrogen) atoms. The van der Waals surface area contributed by atoms with Gasteiger partial charge in [-0.3, -0.25) is 4.98 Å². The first kappa shape index (κ1) is 15.9. The third kappa shape index (κ3) is 5.54. The minimum atomic E-state index is -3.57. The molecule has 1 heterocycles. The van der Waals surface area contributed by atoms with Crippen LogP contribution < -0.4 is 10.5 Å². The summed E-state index contributed by atoms with van der Waals surface area (Å²) >= 11 is 0. The summed E-state index contributed by atoms with van der Waals surface area (Å²) in [7, 11) is -3.57. The van der Waals surface area contributed by atoms with Crippen LogP contribution in [0, 0.1) is 0 Å². The summed E-state index contributed by atoms with van der Waals surface area (Å²) in [6.45, 7) is 4.92. The Bertz CT molecular complexity index is 489. The number of aromatic nitrogens is 1. The van der Waals surface area contributed by atoms with Gasteiger partial charge < -0.3 is 10.5 Å². The molecule has 0 atom stereocenters. The van der Waals surface area contributed by atoms with Crippen molar-refractivity contribution in [3.63, 3.8) is 0 Å². The highest BCUT2D eigenvalue weighted by Crippen LogP contribution is 2.15. The Morgan fingerprint density at radius 3 is 2.79 bits per heavy atom. The Labute approximate surface area is 114 Å². The van der Waals surface area contributed by atoms with Gasteiger partial charge in [0.15, 0.2) is 0 Å². The molecule has 0 radical (unpaired) electrons. The lowest BCUT2D eigenvalue weighted by molar-refractivity contribution is 0.0762. The fraction of sp³-hybridized carbons (Fsp3) is 0.583. The van der Waals surface area contributed by atoms with E-state index in [2.05, 4.69) is 9.71 Å². The van der Waals surface area contributed by atoms with Crippen LogP contribution in [-0.4, -0.2) is 32.7 Å². The molecule has 0 bridgehead atoms. The van der Waals surface area contributed by atoms with Gasteiger partial charge in [-0.25, -0.2) is 13.1 Å². The van der Waals surface area contributed by atoms with E-state index in [0.717, 1.165) is 6.42 Å². The van der Waals surface area contributed by atoms with Crippen molar-refractivity contribution in [2.24, 2.45) is 0 Å². The van der Waals surface area contributed by atoms with E-state index in [9.17, 15) is 8.42 Å². The molecule has 6 nitrogen and oxygen atoms in total. The summed E-state index contributed by atoms with van der Waals surface area (Å²) in [5.74, 6) is 0. The molecule has 0 saturated heterocycles. The van der Waals surface area contributed by atoms with Crippen molar-refractivity contribution in [3.05, 3.63) is 18.5 Å². The van der Waals surface area contributed by atoms with Crippen molar-refractivity contribution in [1.82, 2.24) is 9.71 Å². The number of nitrogens with zero attached hydrogens (tertiary/aromatic N) is 1. The van der Waals surface area contributed by atoms with Gasteiger partial charge in [0.25, 0.3) is 0 Å². The van der Waals surface area contributed by atoms with Gasteiger partial charge in [0.05, 0.1) is 11.8 Å². The van der Waals surface area contributed by atoms with Crippen molar-refractivity contribution >= 4 is 15.7 Å². The fourth-order valence-electron chi connectivity index (χ4n) is 1.45. The van der Waals surface area contributed by atoms with E-state index >= 15 is 0 Å². The number of hydrogen-bond donors (Lipinski definition) is 2. The maximum absolute atomic E-state index is 11.9. The molecular formula is C12H21N3O3S. The summed E-state index contributed by atoms with van der Waals surface area (Å²) in [5, 5.41) is 0. The number of sulfonamides is 1. The van der Waals surface area contributed by atoms with Gasteiger partial charge >= 0.3 is 0 Å². The number of hydrogen-bond acceptors (Lipinski definition) is 5. The highest BCUT2D eigenvalue weighted by molar-refractivity contribution is 7.89. The summed E-state index contributed by atoms with van der Waals surface area (Å²) < 4.78 is 31.7. The zero-order valence-corrected chi connectivity index (χ0v) is 12.1. The Balaban J connectivity index is 2.38. The van der Waals surface area contributed by atoms with E-state index in [1.165, 1.54) is 18.5 Å². The number of nitrogen functional groups attached to an aromatic ring is 1. The minimum Gasteiger partial charge on any atom is -0.398 e. The highest BCUT2D eigenvalue weighted by atomic mass is 32.2. The lowest BCUT2D eigenvalue weighted by Gasteiger charge is -2.09. The fourth-order valence-corrected chi connectivity index (χ4v) is 2.59. The molecule has 0 aliphatic rings. The maximum atomic E-state index is 11.9. The van der Waals surface area contributed by atoms with E-state index in [-0.39, 0.29) is 16.7 Å². The number of anilines is 1. The predicted molar refractivity (Wildman–Crippen MR) is 74.2 cm³/mol. The summed E-state index contributed by atoms with van der Waals surface area (Å²) in [6.07, 6.45) is 4.43. The molecule has 7 heteroatoms. The topological polar surface area (TPSA) is 94.3 Å². The van der Waals surface area contributed by atoms with Crippen molar-refractivity contribution < 1.29 is 13.2 Å². The van der Waals surface area contributed by atoms with Crippen molar-refractivity contribution in [2.45, 2.75) is 37.7 Å². The monoisotopic (exact) mass is 287 g/mol. The van der Waals surface area contributed by atoms with E-state index < -0.39 is 10.0 Å². The van der Waals surface area contributed by atoms with Crippen LogP contribution in [0.4, 0.5) is 5.69 Å². The van der Waals surface area contributed by atoms with Crippen LogP contribution in [-0.2, 0) is 14.8 Å². The minimum absolute atomic E-state index is 0.0217. The largest absolute Gasteiger partial charge is 0.398 e. The first-order valence-electron chi connectivity index (χ1n) is 6.24. The highest BCUT2D eigenvalue weighted by Gasteiger charge is 2.16. The molecule has 0 amide bonds. The Morgan fingerprint density at radius 2 is 2.16 bits per heavy atom. The molecule has 0 aromatic carbocycles. The average molecular weight is 287 g/mol. The van der Waals surface area contributed by atoms with Crippen LogP contribution in [0.15, 0.2) is 23.4 Å². The van der Waals surface area contributed by atoms with E-state index in [4.69, 9.17) is 10.5 Å². The van der Waals surface area contributed by atoms with Gasteiger partial charge in [0.2, 0.25) is 10.0 Å². The van der Waals surface area contributed by atoms with E-state index in [1.807, 2.05) is 13.8 Å². The van der Waals surface area contributed by atoms with Crippen LogP contribution >= 0.6 is 0 Å². The number of nitrogens with two attached hydrogens (primary N) is 1. The molecule has 0 fully saturated rings. The third-order valence-corrected chi connectivity index (χ3v) is 3.92. The van der Waals surface area contributed by atoms with Gasteiger partial charge in [-0.2, -0.15) is 0 Å². The van der Waals surface area contributed by atoms with Crippen molar-refractivity contribution in [3.8, 4) is 0 Å². The lowest BCUT2D eigenvalue weighted by Crippen LogP contribution is -2.26. The lowest BCUT2D eigenvalue weighted by atomic mass is 10.3. The Hall–Kier alpha value is -1.18. The van der Waals surface area contributed by atoms with Crippen LogP contribution in [0.25, 0.3) is 0 Å². The Kier molecular flexibility index (Phi) is 6.20. The average Bonchev–Trinajstić information content (AvgIpc) is 2.33. The van der Waals surface area contributed by atoms with Gasteiger partial charge in [-0.15, -0.1) is 0 Å². The molecule has 0 aliphatic carbocycles. The van der Waals surface area contributed by atoms with Gasteiger partial charge in [-0.1, -0.05) is 0 Å². The SMILES string of the molecule is CC(C)OCCCCNS(=O)(=O)c1cnccc1N. The van der Waals surface area contributed by atoms with Crippen LogP contribution in [0.2, 0.25) is 0 Å². The van der Waals surface area contributed by atoms with Crippen molar-refractivity contribution in [2.75, 3.05) is 18.9 Å². The molecule has 0 saturated carbocycles. The van der Waals surface area contributed by atoms with Crippen LogP contribution in [0.1, 0.15) is 26.7 Å². The molecule has 3 N–H and O–H groups in total. The van der Waals surface area contributed by atoms with Gasteiger partial charge in [-0.05, 0) is 32.8 Å². The summed E-state index contributed by atoms with van der Waals surface area (Å²) in [5.41, 5.74) is 5.81. The van der Waals surface area contributed by atoms with Crippen LogP contribution in [0.5, 0.6) is 0 Å². The maximum Gasteiger partial charge on any atom is 0.244 e. The number of unbranched alkanes of at least 4 members (excludes halogenated alkanes) is 1. The number of ether oxygens (including phenoxy) is 1. The Morgan fingerprint density at radius 1 is 1.42 bits per heavy atom. The molecule has 1 aromatic heterocycles.